The van der Waals surface area contributed by atoms with Crippen LogP contribution in [0.25, 0.3) is 5.57 Å². The molecule has 0 aliphatic carbocycles. The van der Waals surface area contributed by atoms with E-state index in [2.05, 4.69) is 10.6 Å². The van der Waals surface area contributed by atoms with Crippen molar-refractivity contribution in [2.75, 3.05) is 7.05 Å². The number of halogens is 1. The number of rotatable bonds is 3. The van der Waals surface area contributed by atoms with Gasteiger partial charge in [0.1, 0.15) is 11.9 Å². The van der Waals surface area contributed by atoms with E-state index in [9.17, 15) is 4.79 Å². The minimum atomic E-state index is -0.359. The Hall–Kier alpha value is -2.26. The van der Waals surface area contributed by atoms with E-state index in [-0.39, 0.29) is 11.8 Å². The quantitative estimate of drug-likeness (QED) is 0.914. The fourth-order valence-electron chi connectivity index (χ4n) is 2.56. The van der Waals surface area contributed by atoms with Gasteiger partial charge < -0.3 is 10.6 Å². The van der Waals surface area contributed by atoms with Crippen molar-refractivity contribution in [3.8, 4) is 0 Å². The summed E-state index contributed by atoms with van der Waals surface area (Å²) in [6.07, 6.45) is 0. The molecule has 2 aromatic rings. The number of Topliss-reactive ketones (excluding diaryl/α,β-unsaturated/α-hetero) is 1. The molecule has 2 aromatic carbocycles. The molecule has 0 saturated heterocycles. The van der Waals surface area contributed by atoms with Gasteiger partial charge in [0.25, 0.3) is 0 Å². The van der Waals surface area contributed by atoms with Crippen LogP contribution in [0.2, 0.25) is 5.02 Å². The predicted octanol–water partition coefficient (Wildman–Crippen LogP) is 3.14. The molecule has 0 saturated carbocycles. The highest BCUT2D eigenvalue weighted by Gasteiger charge is 2.34. The molecule has 4 heteroatoms. The van der Waals surface area contributed by atoms with Crippen molar-refractivity contribution in [1.29, 1.82) is 0 Å². The maximum Gasteiger partial charge on any atom is 0.193 e. The number of carbonyl (C=O) groups is 1. The second-order valence-corrected chi connectivity index (χ2v) is 5.30. The lowest BCUT2D eigenvalue weighted by atomic mass is 9.96. The van der Waals surface area contributed by atoms with Gasteiger partial charge in [-0.25, -0.2) is 0 Å². The summed E-state index contributed by atoms with van der Waals surface area (Å²) in [4.78, 5) is 12.8. The molecule has 1 atom stereocenters. The first-order chi connectivity index (χ1) is 10.2. The molecule has 1 heterocycles. The highest BCUT2D eigenvalue weighted by Crippen LogP contribution is 2.32. The van der Waals surface area contributed by atoms with Crippen LogP contribution < -0.4 is 10.6 Å². The van der Waals surface area contributed by atoms with Crippen LogP contribution in [0, 0.1) is 0 Å². The maximum absolute atomic E-state index is 12.8. The smallest absolute Gasteiger partial charge is 0.193 e. The molecular formula is C17H15ClN2O. The molecule has 0 radical (unpaired) electrons. The van der Waals surface area contributed by atoms with Crippen LogP contribution >= 0.6 is 11.6 Å². The summed E-state index contributed by atoms with van der Waals surface area (Å²) in [6, 6.07) is 16.7. The van der Waals surface area contributed by atoms with E-state index in [1.807, 2.05) is 42.5 Å². The largest absolute Gasteiger partial charge is 0.374 e. The van der Waals surface area contributed by atoms with E-state index in [1.165, 1.54) is 0 Å². The monoisotopic (exact) mass is 298 g/mol. The van der Waals surface area contributed by atoms with Gasteiger partial charge in [-0.15, -0.1) is 0 Å². The van der Waals surface area contributed by atoms with Crippen LogP contribution in [-0.4, -0.2) is 12.8 Å². The van der Waals surface area contributed by atoms with Crippen molar-refractivity contribution >= 4 is 23.0 Å². The molecule has 21 heavy (non-hydrogen) atoms. The van der Waals surface area contributed by atoms with Gasteiger partial charge in [-0.2, -0.15) is 0 Å². The molecule has 0 spiro atoms. The van der Waals surface area contributed by atoms with Crippen LogP contribution in [0.3, 0.4) is 0 Å². The molecule has 1 aliphatic heterocycles. The van der Waals surface area contributed by atoms with E-state index < -0.39 is 0 Å². The van der Waals surface area contributed by atoms with Crippen LogP contribution in [0.4, 0.5) is 0 Å². The molecule has 3 rings (SSSR count). The van der Waals surface area contributed by atoms with Gasteiger partial charge in [-0.3, -0.25) is 4.79 Å². The maximum atomic E-state index is 12.8. The van der Waals surface area contributed by atoms with Crippen LogP contribution in [-0.2, 0) is 4.79 Å². The Balaban J connectivity index is 2.01. The van der Waals surface area contributed by atoms with E-state index in [0.29, 0.717) is 10.6 Å². The molecule has 0 bridgehead atoms. The van der Waals surface area contributed by atoms with Gasteiger partial charge in [0.2, 0.25) is 0 Å². The highest BCUT2D eigenvalue weighted by molar-refractivity contribution is 6.31. The SMILES string of the molecule is CNC1=C(c2cccc(Cl)c2)C(=O)C(c2ccccc2)N1. The van der Waals surface area contributed by atoms with Crippen molar-refractivity contribution in [1.82, 2.24) is 10.6 Å². The first-order valence-corrected chi connectivity index (χ1v) is 7.12. The van der Waals surface area contributed by atoms with Gasteiger partial charge >= 0.3 is 0 Å². The second kappa shape index (κ2) is 5.62. The van der Waals surface area contributed by atoms with E-state index >= 15 is 0 Å². The lowest BCUT2D eigenvalue weighted by Gasteiger charge is -2.11. The first kappa shape index (κ1) is 13.7. The number of benzene rings is 2. The first-order valence-electron chi connectivity index (χ1n) is 6.74. The number of hydrogen-bond donors (Lipinski definition) is 2. The van der Waals surface area contributed by atoms with Crippen molar-refractivity contribution in [3.05, 3.63) is 76.6 Å². The second-order valence-electron chi connectivity index (χ2n) is 4.86. The zero-order valence-corrected chi connectivity index (χ0v) is 12.3. The predicted molar refractivity (Wildman–Crippen MR) is 84.8 cm³/mol. The Bertz CT molecular complexity index is 710. The number of ketones is 1. The summed E-state index contributed by atoms with van der Waals surface area (Å²) < 4.78 is 0. The highest BCUT2D eigenvalue weighted by atomic mass is 35.5. The molecule has 0 amide bonds. The fourth-order valence-corrected chi connectivity index (χ4v) is 2.75. The van der Waals surface area contributed by atoms with Gasteiger partial charge in [0, 0.05) is 12.1 Å². The van der Waals surface area contributed by atoms with Crippen LogP contribution in [0.1, 0.15) is 17.2 Å². The summed E-state index contributed by atoms with van der Waals surface area (Å²) >= 11 is 6.04. The van der Waals surface area contributed by atoms with Crippen LogP contribution in [0.15, 0.2) is 60.4 Å². The summed E-state index contributed by atoms with van der Waals surface area (Å²) in [5.74, 6) is 0.781. The summed E-state index contributed by atoms with van der Waals surface area (Å²) in [5, 5.41) is 6.93. The molecule has 0 fully saturated rings. The molecule has 0 aromatic heterocycles. The third-order valence-corrected chi connectivity index (χ3v) is 3.78. The fraction of sp³-hybridized carbons (Fsp3) is 0.118. The molecular weight excluding hydrogens is 284 g/mol. The minimum Gasteiger partial charge on any atom is -0.374 e. The summed E-state index contributed by atoms with van der Waals surface area (Å²) in [5.41, 5.74) is 2.42. The van der Waals surface area contributed by atoms with Crippen molar-refractivity contribution in [3.63, 3.8) is 0 Å². The molecule has 1 unspecified atom stereocenters. The Labute approximate surface area is 128 Å². The standard InChI is InChI=1S/C17H15ClN2O/c1-19-17-14(12-8-5-9-13(18)10-12)16(21)15(20-17)11-6-3-2-4-7-11/h2-10,15,19-20H,1H3. The average molecular weight is 299 g/mol. The topological polar surface area (TPSA) is 41.1 Å². The van der Waals surface area contributed by atoms with E-state index in [0.717, 1.165) is 16.9 Å². The molecule has 2 N–H and O–H groups in total. The van der Waals surface area contributed by atoms with Gasteiger partial charge in [-0.05, 0) is 23.3 Å². The van der Waals surface area contributed by atoms with Gasteiger partial charge in [0.15, 0.2) is 5.78 Å². The van der Waals surface area contributed by atoms with E-state index in [4.69, 9.17) is 11.6 Å². The van der Waals surface area contributed by atoms with Crippen molar-refractivity contribution in [2.45, 2.75) is 6.04 Å². The Morgan fingerprint density at radius 3 is 2.52 bits per heavy atom. The zero-order chi connectivity index (χ0) is 14.8. The van der Waals surface area contributed by atoms with Gasteiger partial charge in [-0.1, -0.05) is 54.1 Å². The normalized spacial score (nSPS) is 17.8. The van der Waals surface area contributed by atoms with Crippen LogP contribution in [0.5, 0.6) is 0 Å². The van der Waals surface area contributed by atoms with Crippen molar-refractivity contribution in [2.24, 2.45) is 0 Å². The Kier molecular flexibility index (Phi) is 3.67. The van der Waals surface area contributed by atoms with Crippen molar-refractivity contribution < 1.29 is 4.79 Å². The number of nitrogens with one attached hydrogen (secondary N) is 2. The zero-order valence-electron chi connectivity index (χ0n) is 11.6. The Morgan fingerprint density at radius 1 is 1.10 bits per heavy atom. The molecule has 1 aliphatic rings. The number of hydrogen-bond acceptors (Lipinski definition) is 3. The molecule has 3 nitrogen and oxygen atoms in total. The third-order valence-electron chi connectivity index (χ3n) is 3.54. The van der Waals surface area contributed by atoms with Gasteiger partial charge in [0.05, 0.1) is 5.57 Å². The third kappa shape index (κ3) is 2.52. The lowest BCUT2D eigenvalue weighted by molar-refractivity contribution is -0.114. The van der Waals surface area contributed by atoms with E-state index in [1.54, 1.807) is 19.2 Å². The minimum absolute atomic E-state index is 0.0489. The lowest BCUT2D eigenvalue weighted by Crippen LogP contribution is -2.24. The summed E-state index contributed by atoms with van der Waals surface area (Å²) in [7, 11) is 1.80. The number of carbonyl (C=O) groups excluding carboxylic acids is 1. The molecule has 106 valence electrons. The Morgan fingerprint density at radius 2 is 1.86 bits per heavy atom. The summed E-state index contributed by atoms with van der Waals surface area (Å²) in [6.45, 7) is 0. The average Bonchev–Trinajstić information content (AvgIpc) is 2.85.